The highest BCUT2D eigenvalue weighted by Gasteiger charge is 2.32. The SMILES string of the molecule is CCc1noc(C2COCC2NC)n1. The first kappa shape index (κ1) is 9.61. The average molecular weight is 197 g/mol. The molecule has 1 aliphatic rings. The molecule has 2 rings (SSSR count). The Morgan fingerprint density at radius 1 is 1.50 bits per heavy atom. The fraction of sp³-hybridized carbons (Fsp3) is 0.778. The summed E-state index contributed by atoms with van der Waals surface area (Å²) in [6.45, 7) is 3.39. The van der Waals surface area contributed by atoms with E-state index < -0.39 is 0 Å². The quantitative estimate of drug-likeness (QED) is 0.756. The Kier molecular flexibility index (Phi) is 2.79. The summed E-state index contributed by atoms with van der Waals surface area (Å²) in [7, 11) is 1.92. The fourth-order valence-electron chi connectivity index (χ4n) is 1.64. The molecule has 1 aromatic heterocycles. The van der Waals surface area contributed by atoms with Gasteiger partial charge in [-0.25, -0.2) is 0 Å². The monoisotopic (exact) mass is 197 g/mol. The number of nitrogens with one attached hydrogen (secondary N) is 1. The van der Waals surface area contributed by atoms with E-state index in [2.05, 4.69) is 15.5 Å². The predicted molar refractivity (Wildman–Crippen MR) is 50.1 cm³/mol. The minimum absolute atomic E-state index is 0.202. The van der Waals surface area contributed by atoms with Gasteiger partial charge in [0.25, 0.3) is 0 Å². The van der Waals surface area contributed by atoms with Crippen LogP contribution in [0.15, 0.2) is 4.52 Å². The number of rotatable bonds is 3. The van der Waals surface area contributed by atoms with Crippen molar-refractivity contribution in [1.82, 2.24) is 15.5 Å². The van der Waals surface area contributed by atoms with E-state index in [9.17, 15) is 0 Å². The van der Waals surface area contributed by atoms with Crippen LogP contribution in [-0.4, -0.2) is 36.4 Å². The van der Waals surface area contributed by atoms with Crippen molar-refractivity contribution in [2.75, 3.05) is 20.3 Å². The smallest absolute Gasteiger partial charge is 0.233 e. The maximum Gasteiger partial charge on any atom is 0.233 e. The third-order valence-corrected chi connectivity index (χ3v) is 2.57. The van der Waals surface area contributed by atoms with Crippen LogP contribution in [0.3, 0.4) is 0 Å². The first-order valence-corrected chi connectivity index (χ1v) is 4.92. The Hall–Kier alpha value is -0.940. The molecule has 5 heteroatoms. The molecule has 0 aliphatic carbocycles. The molecule has 2 unspecified atom stereocenters. The molecule has 1 aliphatic heterocycles. The summed E-state index contributed by atoms with van der Waals surface area (Å²) in [6.07, 6.45) is 0.807. The lowest BCUT2D eigenvalue weighted by Gasteiger charge is -2.11. The summed E-state index contributed by atoms with van der Waals surface area (Å²) < 4.78 is 10.6. The molecule has 1 fully saturated rings. The first-order valence-electron chi connectivity index (χ1n) is 4.92. The van der Waals surface area contributed by atoms with Gasteiger partial charge in [-0.3, -0.25) is 0 Å². The van der Waals surface area contributed by atoms with E-state index in [1.807, 2.05) is 14.0 Å². The maximum atomic E-state index is 5.37. The second kappa shape index (κ2) is 4.06. The van der Waals surface area contributed by atoms with Gasteiger partial charge in [0.2, 0.25) is 5.89 Å². The zero-order chi connectivity index (χ0) is 9.97. The zero-order valence-corrected chi connectivity index (χ0v) is 8.49. The molecule has 5 nitrogen and oxygen atoms in total. The van der Waals surface area contributed by atoms with Crippen molar-refractivity contribution in [2.45, 2.75) is 25.3 Å². The van der Waals surface area contributed by atoms with Crippen molar-refractivity contribution in [2.24, 2.45) is 0 Å². The van der Waals surface area contributed by atoms with Crippen molar-refractivity contribution in [3.8, 4) is 0 Å². The van der Waals surface area contributed by atoms with E-state index in [0.29, 0.717) is 25.1 Å². The number of ether oxygens (including phenoxy) is 1. The van der Waals surface area contributed by atoms with Crippen LogP contribution in [0.1, 0.15) is 24.6 Å². The Labute approximate surface area is 82.8 Å². The molecule has 1 saturated heterocycles. The lowest BCUT2D eigenvalue weighted by molar-refractivity contribution is 0.185. The highest BCUT2D eigenvalue weighted by atomic mass is 16.5. The Bertz CT molecular complexity index is 300. The molecular formula is C9H15N3O2. The van der Waals surface area contributed by atoms with Gasteiger partial charge >= 0.3 is 0 Å². The van der Waals surface area contributed by atoms with E-state index in [-0.39, 0.29) is 5.92 Å². The molecule has 78 valence electrons. The Morgan fingerprint density at radius 3 is 3.00 bits per heavy atom. The summed E-state index contributed by atoms with van der Waals surface area (Å²) in [5.74, 6) is 1.66. The van der Waals surface area contributed by atoms with Crippen LogP contribution >= 0.6 is 0 Å². The average Bonchev–Trinajstić information content (AvgIpc) is 2.85. The molecule has 2 heterocycles. The second-order valence-corrected chi connectivity index (χ2v) is 3.44. The van der Waals surface area contributed by atoms with Gasteiger partial charge in [-0.05, 0) is 7.05 Å². The summed E-state index contributed by atoms with van der Waals surface area (Å²) in [4.78, 5) is 4.31. The number of aromatic nitrogens is 2. The zero-order valence-electron chi connectivity index (χ0n) is 8.49. The number of hydrogen-bond acceptors (Lipinski definition) is 5. The largest absolute Gasteiger partial charge is 0.379 e. The van der Waals surface area contributed by atoms with Gasteiger partial charge in [-0.15, -0.1) is 0 Å². The van der Waals surface area contributed by atoms with Gasteiger partial charge in [0.15, 0.2) is 5.82 Å². The van der Waals surface area contributed by atoms with Crippen LogP contribution in [0, 0.1) is 0 Å². The fourth-order valence-corrected chi connectivity index (χ4v) is 1.64. The highest BCUT2D eigenvalue weighted by molar-refractivity contribution is 5.02. The second-order valence-electron chi connectivity index (χ2n) is 3.44. The van der Waals surface area contributed by atoms with Gasteiger partial charge in [0, 0.05) is 12.5 Å². The molecule has 2 atom stereocenters. The lowest BCUT2D eigenvalue weighted by Crippen LogP contribution is -2.31. The predicted octanol–water partition coefficient (Wildman–Crippen LogP) is 0.334. The Morgan fingerprint density at radius 2 is 2.36 bits per heavy atom. The third kappa shape index (κ3) is 1.65. The van der Waals surface area contributed by atoms with Crippen molar-refractivity contribution in [1.29, 1.82) is 0 Å². The number of aryl methyl sites for hydroxylation is 1. The van der Waals surface area contributed by atoms with Crippen LogP contribution in [0.5, 0.6) is 0 Å². The van der Waals surface area contributed by atoms with Crippen molar-refractivity contribution >= 4 is 0 Å². The third-order valence-electron chi connectivity index (χ3n) is 2.57. The number of likely N-dealkylation sites (N-methyl/N-ethyl adjacent to an activating group) is 1. The normalized spacial score (nSPS) is 27.0. The molecule has 1 aromatic rings. The van der Waals surface area contributed by atoms with E-state index in [1.165, 1.54) is 0 Å². The van der Waals surface area contributed by atoms with Gasteiger partial charge in [0.05, 0.1) is 19.1 Å². The van der Waals surface area contributed by atoms with Gasteiger partial charge in [-0.1, -0.05) is 12.1 Å². The van der Waals surface area contributed by atoms with Crippen LogP contribution in [-0.2, 0) is 11.2 Å². The molecule has 0 aromatic carbocycles. The standard InChI is InChI=1S/C9H15N3O2/c1-3-8-11-9(14-12-8)6-4-13-5-7(6)10-2/h6-7,10H,3-5H2,1-2H3. The van der Waals surface area contributed by atoms with E-state index in [4.69, 9.17) is 9.26 Å². The molecule has 0 radical (unpaired) electrons. The van der Waals surface area contributed by atoms with Gasteiger partial charge in [0.1, 0.15) is 0 Å². The van der Waals surface area contributed by atoms with E-state index in [1.54, 1.807) is 0 Å². The molecule has 0 amide bonds. The maximum absolute atomic E-state index is 5.37. The minimum Gasteiger partial charge on any atom is -0.379 e. The summed E-state index contributed by atoms with van der Waals surface area (Å²) in [5, 5.41) is 7.07. The lowest BCUT2D eigenvalue weighted by atomic mass is 10.0. The number of nitrogens with zero attached hydrogens (tertiary/aromatic N) is 2. The van der Waals surface area contributed by atoms with Crippen LogP contribution < -0.4 is 5.32 Å². The van der Waals surface area contributed by atoms with Crippen molar-refractivity contribution in [3.63, 3.8) is 0 Å². The topological polar surface area (TPSA) is 60.2 Å². The van der Waals surface area contributed by atoms with Crippen LogP contribution in [0.2, 0.25) is 0 Å². The molecule has 1 N–H and O–H groups in total. The first-order chi connectivity index (χ1) is 6.85. The van der Waals surface area contributed by atoms with Gasteiger partial charge in [-0.2, -0.15) is 4.98 Å². The van der Waals surface area contributed by atoms with Gasteiger partial charge < -0.3 is 14.6 Å². The molecule has 14 heavy (non-hydrogen) atoms. The number of hydrogen-bond donors (Lipinski definition) is 1. The molecule has 0 spiro atoms. The molecular weight excluding hydrogens is 182 g/mol. The van der Waals surface area contributed by atoms with Crippen LogP contribution in [0.25, 0.3) is 0 Å². The molecule has 0 bridgehead atoms. The summed E-state index contributed by atoms with van der Waals surface area (Å²) in [5.41, 5.74) is 0. The summed E-state index contributed by atoms with van der Waals surface area (Å²) >= 11 is 0. The van der Waals surface area contributed by atoms with Crippen molar-refractivity contribution < 1.29 is 9.26 Å². The van der Waals surface area contributed by atoms with Crippen LogP contribution in [0.4, 0.5) is 0 Å². The Balaban J connectivity index is 2.13. The summed E-state index contributed by atoms with van der Waals surface area (Å²) in [6, 6.07) is 0.292. The molecule has 0 saturated carbocycles. The van der Waals surface area contributed by atoms with Crippen molar-refractivity contribution in [3.05, 3.63) is 11.7 Å². The van der Waals surface area contributed by atoms with E-state index >= 15 is 0 Å². The van der Waals surface area contributed by atoms with E-state index in [0.717, 1.165) is 12.2 Å². The highest BCUT2D eigenvalue weighted by Crippen LogP contribution is 2.23. The minimum atomic E-state index is 0.202.